The van der Waals surface area contributed by atoms with Crippen LogP contribution in [0, 0.1) is 0 Å². The molecule has 1 fully saturated rings. The molecule has 0 saturated carbocycles. The Bertz CT molecular complexity index is 1890. The van der Waals surface area contributed by atoms with Gasteiger partial charge in [-0.3, -0.25) is 0 Å². The van der Waals surface area contributed by atoms with E-state index in [2.05, 4.69) is 33.9 Å². The van der Waals surface area contributed by atoms with Gasteiger partial charge in [-0.1, -0.05) is 55.8 Å². The van der Waals surface area contributed by atoms with Crippen molar-refractivity contribution in [3.63, 3.8) is 0 Å². The Morgan fingerprint density at radius 3 is 2.52 bits per heavy atom. The molecular weight excluding hydrogens is 693 g/mol. The van der Waals surface area contributed by atoms with Gasteiger partial charge in [-0.05, 0) is 86.8 Å². The number of urea groups is 2. The maximum absolute atomic E-state index is 14.0. The van der Waals surface area contributed by atoms with Crippen LogP contribution in [0.1, 0.15) is 61.7 Å². The van der Waals surface area contributed by atoms with Gasteiger partial charge in [0.15, 0.2) is 0 Å². The van der Waals surface area contributed by atoms with Gasteiger partial charge >= 0.3 is 18.2 Å². The molecule has 3 heterocycles. The fraction of sp³-hybridized carbons (Fsp3) is 0.447. The number of aryl methyl sites for hydroxylation is 1. The van der Waals surface area contributed by atoms with Gasteiger partial charge in [0.25, 0.3) is 0 Å². The van der Waals surface area contributed by atoms with E-state index in [0.717, 1.165) is 60.8 Å². The third-order valence-electron chi connectivity index (χ3n) is 10.3. The maximum Gasteiger partial charge on any atom is 0.418 e. The number of imidazole rings is 1. The van der Waals surface area contributed by atoms with Gasteiger partial charge in [-0.25, -0.2) is 14.6 Å². The Morgan fingerprint density at radius 1 is 1.08 bits per heavy atom. The molecule has 4 N–H and O–H groups in total. The summed E-state index contributed by atoms with van der Waals surface area (Å²) in [5, 5.41) is 5.96. The zero-order valence-electron chi connectivity index (χ0n) is 29.6. The minimum absolute atomic E-state index is 0.000833. The van der Waals surface area contributed by atoms with E-state index in [1.807, 2.05) is 53.4 Å². The molecule has 2 aliphatic heterocycles. The van der Waals surface area contributed by atoms with Gasteiger partial charge in [0.1, 0.15) is 5.82 Å². The average molecular weight is 739 g/mol. The van der Waals surface area contributed by atoms with E-state index in [1.54, 1.807) is 4.90 Å². The number of alkyl halides is 3. The van der Waals surface area contributed by atoms with E-state index < -0.39 is 23.5 Å². The molecule has 1 atom stereocenters. The molecule has 1 unspecified atom stereocenters. The van der Waals surface area contributed by atoms with Crippen LogP contribution in [0.5, 0.6) is 0 Å². The normalized spacial score (nSPS) is 16.2. The highest BCUT2D eigenvalue weighted by atomic mass is 35.5. The zero-order valence-corrected chi connectivity index (χ0v) is 30.3. The number of aromatic nitrogens is 2. The van der Waals surface area contributed by atoms with Crippen molar-refractivity contribution in [2.75, 3.05) is 50.3 Å². The summed E-state index contributed by atoms with van der Waals surface area (Å²) in [5.74, 6) is 0.547. The lowest BCUT2D eigenvalue weighted by atomic mass is 10.0. The van der Waals surface area contributed by atoms with Crippen LogP contribution in [0.4, 0.5) is 34.1 Å². The molecule has 0 spiro atoms. The van der Waals surface area contributed by atoms with Gasteiger partial charge < -0.3 is 35.6 Å². The number of hydrogen-bond acceptors (Lipinski definition) is 5. The number of para-hydroxylation sites is 3. The molecule has 0 aliphatic carbocycles. The van der Waals surface area contributed by atoms with E-state index in [4.69, 9.17) is 22.3 Å². The van der Waals surface area contributed by atoms with Crippen LogP contribution in [0.25, 0.3) is 11.0 Å². The molecular formula is C38H46ClF3N8O2. The summed E-state index contributed by atoms with van der Waals surface area (Å²) in [6, 6.07) is 16.5. The molecule has 4 aromatic rings. The molecule has 6 rings (SSSR count). The first-order valence-corrected chi connectivity index (χ1v) is 18.4. The predicted molar refractivity (Wildman–Crippen MR) is 198 cm³/mol. The number of carbonyl (C=O) groups is 2. The van der Waals surface area contributed by atoms with Crippen LogP contribution in [0.2, 0.25) is 5.02 Å². The topological polar surface area (TPSA) is 112 Å². The number of likely N-dealkylation sites (tertiary alicyclic amines) is 1. The van der Waals surface area contributed by atoms with Crippen LogP contribution < -0.4 is 16.4 Å². The number of nitrogens with two attached hydrogens (primary N) is 1. The summed E-state index contributed by atoms with van der Waals surface area (Å²) in [7, 11) is 0. The molecule has 0 bridgehead atoms. The first-order chi connectivity index (χ1) is 25.0. The molecule has 2 aliphatic rings. The van der Waals surface area contributed by atoms with Gasteiger partial charge in [0, 0.05) is 44.3 Å². The van der Waals surface area contributed by atoms with Crippen molar-refractivity contribution in [3.8, 4) is 0 Å². The second-order valence-corrected chi connectivity index (χ2v) is 13.9. The highest BCUT2D eigenvalue weighted by Gasteiger charge is 2.36. The number of hydrogen-bond donors (Lipinski definition) is 3. The van der Waals surface area contributed by atoms with Crippen LogP contribution >= 0.6 is 11.6 Å². The predicted octanol–water partition coefficient (Wildman–Crippen LogP) is 7.57. The Kier molecular flexibility index (Phi) is 11.5. The molecule has 4 amide bonds. The molecule has 3 aromatic carbocycles. The highest BCUT2D eigenvalue weighted by Crippen LogP contribution is 2.39. The molecule has 52 heavy (non-hydrogen) atoms. The van der Waals surface area contributed by atoms with E-state index in [-0.39, 0.29) is 35.1 Å². The number of rotatable bonds is 11. The number of piperidine rings is 1. The Labute approximate surface area is 307 Å². The van der Waals surface area contributed by atoms with E-state index in [9.17, 15) is 22.8 Å². The minimum atomic E-state index is -4.71. The van der Waals surface area contributed by atoms with E-state index in [0.29, 0.717) is 44.8 Å². The number of nitrogens with zero attached hydrogens (tertiary/aromatic N) is 5. The lowest BCUT2D eigenvalue weighted by molar-refractivity contribution is -0.137. The number of amides is 4. The molecule has 14 heteroatoms. The number of carbonyl (C=O) groups excluding carboxylic acids is 2. The summed E-state index contributed by atoms with van der Waals surface area (Å²) in [5.41, 5.74) is 7.99. The quantitative estimate of drug-likeness (QED) is 0.138. The summed E-state index contributed by atoms with van der Waals surface area (Å²) in [4.78, 5) is 38.0. The fourth-order valence-electron chi connectivity index (χ4n) is 7.42. The number of halogens is 4. The largest absolute Gasteiger partial charge is 0.418 e. The van der Waals surface area contributed by atoms with Crippen molar-refractivity contribution < 1.29 is 22.8 Å². The summed E-state index contributed by atoms with van der Waals surface area (Å²) in [6.45, 7) is 8.92. The van der Waals surface area contributed by atoms with Crippen LogP contribution in [-0.4, -0.2) is 81.6 Å². The third-order valence-corrected chi connectivity index (χ3v) is 10.6. The number of anilines is 2. The SMILES string of the molecule is CCN(CC)CCCn1c(C(Cc2cc(Cl)c(N)c(C(F)(F)F)c2)NC(=O)N2CCC(N3CCc4ccccc4NC3=O)CC2)nc2ccccc21. The van der Waals surface area contributed by atoms with Gasteiger partial charge in [-0.15, -0.1) is 0 Å². The first-order valence-electron chi connectivity index (χ1n) is 18.0. The van der Waals surface area contributed by atoms with Gasteiger partial charge in [-0.2, -0.15) is 13.2 Å². The lowest BCUT2D eigenvalue weighted by Crippen LogP contribution is -2.52. The number of fused-ring (bicyclic) bond motifs is 2. The Morgan fingerprint density at radius 2 is 1.79 bits per heavy atom. The maximum atomic E-state index is 14.0. The third kappa shape index (κ3) is 8.25. The molecule has 278 valence electrons. The monoisotopic (exact) mass is 738 g/mol. The van der Waals surface area contributed by atoms with Crippen molar-refractivity contribution in [3.05, 3.63) is 88.2 Å². The minimum Gasteiger partial charge on any atom is -0.397 e. The highest BCUT2D eigenvalue weighted by molar-refractivity contribution is 6.33. The number of nitrogens with one attached hydrogen (secondary N) is 2. The number of nitrogen functional groups attached to an aromatic ring is 1. The summed E-state index contributed by atoms with van der Waals surface area (Å²) in [6.07, 6.45) is -1.98. The first kappa shape index (κ1) is 37.3. The lowest BCUT2D eigenvalue weighted by Gasteiger charge is -2.38. The van der Waals surface area contributed by atoms with E-state index >= 15 is 0 Å². The van der Waals surface area contributed by atoms with E-state index in [1.165, 1.54) is 6.07 Å². The molecule has 1 saturated heterocycles. The molecule has 0 radical (unpaired) electrons. The van der Waals surface area contributed by atoms with Crippen molar-refractivity contribution in [2.45, 2.75) is 70.8 Å². The van der Waals surface area contributed by atoms with Crippen LogP contribution in [0.15, 0.2) is 60.7 Å². The summed E-state index contributed by atoms with van der Waals surface area (Å²) >= 11 is 6.25. The zero-order chi connectivity index (χ0) is 37.0. The fourth-order valence-corrected chi connectivity index (χ4v) is 7.66. The second kappa shape index (κ2) is 16.0. The van der Waals surface area contributed by atoms with Gasteiger partial charge in [0.2, 0.25) is 0 Å². The second-order valence-electron chi connectivity index (χ2n) is 13.5. The van der Waals surface area contributed by atoms with Crippen molar-refractivity contribution in [1.29, 1.82) is 0 Å². The van der Waals surface area contributed by atoms with Crippen molar-refractivity contribution >= 4 is 46.1 Å². The number of benzene rings is 3. The Balaban J connectivity index is 1.25. The average Bonchev–Trinajstić information content (AvgIpc) is 3.40. The molecule has 10 nitrogen and oxygen atoms in total. The van der Waals surface area contributed by atoms with Gasteiger partial charge in [0.05, 0.1) is 33.3 Å². The molecule has 1 aromatic heterocycles. The Hall–Kier alpha value is -4.49. The van der Waals surface area contributed by atoms with Crippen molar-refractivity contribution in [1.82, 2.24) is 29.6 Å². The standard InChI is InChI=1S/C38H46ClF3N8O2/c1-3-47(4-2)17-9-18-50-33-13-8-7-12-31(33)44-35(50)32(24-25-22-28(38(40,41)42)34(43)29(39)23-25)46-36(51)48-19-15-27(16-20-48)49-21-14-26-10-5-6-11-30(26)45-37(49)52/h5-8,10-13,22-23,27,32H,3-4,9,14-21,24,43H2,1-2H3,(H,45,52)(H,46,51). The van der Waals surface area contributed by atoms with Crippen LogP contribution in [0.3, 0.4) is 0 Å². The van der Waals surface area contributed by atoms with Crippen molar-refractivity contribution in [2.24, 2.45) is 0 Å². The van der Waals surface area contributed by atoms with Crippen LogP contribution in [-0.2, 0) is 25.6 Å². The summed E-state index contributed by atoms with van der Waals surface area (Å²) < 4.78 is 44.1. The smallest absolute Gasteiger partial charge is 0.397 e.